The largest absolute Gasteiger partial charge is 0.310 e. The van der Waals surface area contributed by atoms with Gasteiger partial charge in [-0.3, -0.25) is 0 Å². The van der Waals surface area contributed by atoms with Gasteiger partial charge in [0.25, 0.3) is 0 Å². The van der Waals surface area contributed by atoms with Crippen molar-refractivity contribution in [3.05, 3.63) is 582 Å². The lowest BCUT2D eigenvalue weighted by molar-refractivity contribution is 1.17. The number of para-hydroxylation sites is 4. The molecular weight excluding hydrogens is 1740 g/mol. The van der Waals surface area contributed by atoms with Gasteiger partial charge in [-0.2, -0.15) is 0 Å². The Labute approximate surface area is 837 Å². The molecule has 0 fully saturated rings. The predicted molar refractivity (Wildman–Crippen MR) is 612 cm³/mol. The maximum Gasteiger partial charge on any atom is 0.0782 e. The summed E-state index contributed by atoms with van der Waals surface area (Å²) in [7, 11) is 0. The Morgan fingerprint density at radius 2 is 0.340 bits per heavy atom. The van der Waals surface area contributed by atoms with Gasteiger partial charge in [-0.05, 0) is 281 Å². The number of hydrogen-bond acceptors (Lipinski definition) is 3. The Kier molecular flexibility index (Phi) is 23.0. The topological polar surface area (TPSA) is 24.5 Å². The first-order valence-electron chi connectivity index (χ1n) is 49.3. The first-order chi connectivity index (χ1) is 71.4. The van der Waals surface area contributed by atoms with Gasteiger partial charge in [0.1, 0.15) is 0 Å². The van der Waals surface area contributed by atoms with Crippen LogP contribution in [0.15, 0.2) is 582 Å². The highest BCUT2D eigenvalue weighted by Gasteiger charge is 2.26. The van der Waals surface area contributed by atoms with Crippen LogP contribution in [0.1, 0.15) is 0 Å². The van der Waals surface area contributed by atoms with Crippen molar-refractivity contribution in [1.82, 2.24) is 13.7 Å². The number of rotatable bonds is 18. The first kappa shape index (κ1) is 86.4. The van der Waals surface area contributed by atoms with Crippen LogP contribution in [0.25, 0.3) is 182 Å². The second-order valence-corrected chi connectivity index (χ2v) is 36.7. The Morgan fingerprint density at radius 1 is 0.118 bits per heavy atom. The molecule has 0 atom stereocenters. The van der Waals surface area contributed by atoms with Crippen LogP contribution in [0, 0.1) is 0 Å². The van der Waals surface area contributed by atoms with Crippen LogP contribution in [-0.4, -0.2) is 13.7 Å². The van der Waals surface area contributed by atoms with Gasteiger partial charge in [0, 0.05) is 94.9 Å². The van der Waals surface area contributed by atoms with Gasteiger partial charge >= 0.3 is 0 Å². The molecule has 27 rings (SSSR count). The summed E-state index contributed by atoms with van der Waals surface area (Å²) >= 11 is 0. The van der Waals surface area contributed by atoms with E-state index < -0.39 is 0 Å². The van der Waals surface area contributed by atoms with Gasteiger partial charge in [0.2, 0.25) is 0 Å². The van der Waals surface area contributed by atoms with E-state index in [0.29, 0.717) is 0 Å². The highest BCUT2D eigenvalue weighted by Crippen LogP contribution is 2.49. The number of hydrogen-bond donors (Lipinski definition) is 0. The maximum absolute atomic E-state index is 2.44. The molecule has 3 aromatic heterocycles. The third-order valence-electron chi connectivity index (χ3n) is 28.1. The number of aromatic nitrogens is 3. The standard InChI is InChI=1S/3C46H32N2/c1-4-13-33(14-5-1)35-23-27-40(28-24-35)47(41-29-25-36(26-30-41)34-15-6-2-7-16-34)44-22-12-21-42-43-31-37-17-10-11-18-38(37)32-45(43)48(46(42)44)39-19-8-3-9-20-39;1-4-12-33(13-5-1)35-20-24-40(25-21-35)47(41-26-22-36(23-27-41)34-14-6-2-7-15-34)42-28-29-45-44(32-42)43-30-37-16-10-11-17-38(37)31-46(43)48(45)39-18-8-3-9-19-39;1-4-12-33(13-5-1)35-20-24-40(25-21-35)47(41-26-22-36(23-27-41)34-14-6-2-7-15-34)42-28-29-43-44-30-37-16-10-11-17-38(37)31-45(44)48(46(43)32-42)39-18-8-3-9-19-39/h3*1-32H. The van der Waals surface area contributed by atoms with Crippen molar-refractivity contribution in [2.45, 2.75) is 0 Å². The van der Waals surface area contributed by atoms with Crippen molar-refractivity contribution in [2.75, 3.05) is 14.7 Å². The predicted octanol–water partition coefficient (Wildman–Crippen LogP) is 38.2. The molecule has 0 amide bonds. The molecule has 0 bridgehead atoms. The molecule has 0 saturated carbocycles. The average Bonchev–Trinajstić information content (AvgIpc) is 1.57. The van der Waals surface area contributed by atoms with E-state index in [-0.39, 0.29) is 0 Å². The summed E-state index contributed by atoms with van der Waals surface area (Å²) in [4.78, 5) is 7.14. The zero-order chi connectivity index (χ0) is 95.6. The first-order valence-corrected chi connectivity index (χ1v) is 49.3. The van der Waals surface area contributed by atoms with Crippen LogP contribution in [0.2, 0.25) is 0 Å². The fraction of sp³-hybridized carbons (Fsp3) is 0. The summed E-state index contributed by atoms with van der Waals surface area (Å²) in [6, 6.07) is 210. The van der Waals surface area contributed by atoms with Crippen LogP contribution >= 0.6 is 0 Å². The quantitative estimate of drug-likeness (QED) is 0.0856. The summed E-state index contributed by atoms with van der Waals surface area (Å²) in [5, 5.41) is 14.9. The van der Waals surface area contributed by atoms with E-state index in [9.17, 15) is 0 Å². The number of nitrogens with zero attached hydrogens (tertiary/aromatic N) is 6. The minimum absolute atomic E-state index is 1.10. The summed E-state index contributed by atoms with van der Waals surface area (Å²) in [5.74, 6) is 0. The molecule has 678 valence electrons. The third-order valence-corrected chi connectivity index (χ3v) is 28.1. The van der Waals surface area contributed by atoms with Gasteiger partial charge in [-0.25, -0.2) is 0 Å². The summed E-state index contributed by atoms with van der Waals surface area (Å²) in [6.45, 7) is 0. The SMILES string of the molecule is c1ccc(-c2ccc(N(c3ccc(-c4ccccc4)cc3)c3ccc4c(c3)c3cc5ccccc5cc3n4-c3ccccc3)cc2)cc1.c1ccc(-c2ccc(N(c3ccc(-c4ccccc4)cc3)c3ccc4c5cc6ccccc6cc5n(-c5ccccc5)c4c3)cc2)cc1.c1ccc(-c2ccc(N(c3ccc(-c4ccccc4)cc3)c3cccc4c5cc6ccccc6cc5n(-c5ccccc5)c34)cc2)cc1. The third kappa shape index (κ3) is 16.8. The van der Waals surface area contributed by atoms with Gasteiger partial charge in [-0.15, -0.1) is 0 Å². The highest BCUT2D eigenvalue weighted by molar-refractivity contribution is 6.19. The van der Waals surface area contributed by atoms with E-state index in [0.717, 1.165) is 68.2 Å². The summed E-state index contributed by atoms with van der Waals surface area (Å²) in [6.07, 6.45) is 0. The normalized spacial score (nSPS) is 11.3. The Morgan fingerprint density at radius 3 is 0.667 bits per heavy atom. The Hall–Kier alpha value is -19.1. The number of benzene rings is 24. The lowest BCUT2D eigenvalue weighted by Crippen LogP contribution is -2.11. The molecule has 0 spiro atoms. The molecule has 0 aliphatic heterocycles. The summed E-state index contributed by atoms with van der Waals surface area (Å²) < 4.78 is 7.25. The van der Waals surface area contributed by atoms with Crippen molar-refractivity contribution in [3.63, 3.8) is 0 Å². The molecular formula is C138H96N6. The van der Waals surface area contributed by atoms with Crippen molar-refractivity contribution >= 4 is 149 Å². The zero-order valence-electron chi connectivity index (χ0n) is 79.1. The fourth-order valence-corrected chi connectivity index (χ4v) is 21.1. The van der Waals surface area contributed by atoms with Gasteiger partial charge in [0.15, 0.2) is 0 Å². The van der Waals surface area contributed by atoms with Gasteiger partial charge in [-0.1, -0.05) is 400 Å². The van der Waals surface area contributed by atoms with E-state index in [4.69, 9.17) is 0 Å². The van der Waals surface area contributed by atoms with E-state index >= 15 is 0 Å². The second-order valence-electron chi connectivity index (χ2n) is 36.7. The lowest BCUT2D eigenvalue weighted by atomic mass is 10.0. The molecule has 24 aromatic carbocycles. The van der Waals surface area contributed by atoms with Crippen LogP contribution in [0.3, 0.4) is 0 Å². The smallest absolute Gasteiger partial charge is 0.0782 e. The van der Waals surface area contributed by atoms with Gasteiger partial charge < -0.3 is 28.4 Å². The van der Waals surface area contributed by atoms with E-state index in [1.54, 1.807) is 0 Å². The molecule has 144 heavy (non-hydrogen) atoms. The van der Waals surface area contributed by atoms with Crippen LogP contribution in [-0.2, 0) is 0 Å². The molecule has 0 aliphatic carbocycles. The monoisotopic (exact) mass is 1840 g/mol. The molecule has 0 saturated heterocycles. The van der Waals surface area contributed by atoms with Crippen molar-refractivity contribution in [1.29, 1.82) is 0 Å². The maximum atomic E-state index is 2.44. The summed E-state index contributed by atoms with van der Waals surface area (Å²) in [5.41, 5.74) is 35.0. The minimum Gasteiger partial charge on any atom is -0.310 e. The average molecular weight is 1840 g/mol. The second kappa shape index (κ2) is 38.3. The van der Waals surface area contributed by atoms with Crippen LogP contribution < -0.4 is 14.7 Å². The zero-order valence-corrected chi connectivity index (χ0v) is 79.1. The fourth-order valence-electron chi connectivity index (χ4n) is 21.1. The Balaban J connectivity index is 0.000000113. The van der Waals surface area contributed by atoms with Crippen molar-refractivity contribution < 1.29 is 0 Å². The molecule has 6 nitrogen and oxygen atoms in total. The van der Waals surface area contributed by atoms with Gasteiger partial charge in [0.05, 0.1) is 38.8 Å². The van der Waals surface area contributed by atoms with Crippen molar-refractivity contribution in [2.24, 2.45) is 0 Å². The van der Waals surface area contributed by atoms with E-state index in [1.807, 2.05) is 0 Å². The lowest BCUT2D eigenvalue weighted by Gasteiger charge is -2.27. The molecule has 27 aromatic rings. The molecule has 0 N–H and O–H groups in total. The van der Waals surface area contributed by atoms with Crippen molar-refractivity contribution in [3.8, 4) is 83.8 Å². The molecule has 3 heterocycles. The van der Waals surface area contributed by atoms with Crippen LogP contribution in [0.4, 0.5) is 51.2 Å². The highest BCUT2D eigenvalue weighted by atomic mass is 15.2. The van der Waals surface area contributed by atoms with E-state index in [2.05, 4.69) is 611 Å². The molecule has 0 radical (unpaired) electrons. The van der Waals surface area contributed by atoms with Crippen LogP contribution in [0.5, 0.6) is 0 Å². The number of anilines is 9. The van der Waals surface area contributed by atoms with E-state index in [1.165, 1.54) is 164 Å². The molecule has 6 heteroatoms. The number of fused-ring (bicyclic) bond motifs is 12. The minimum atomic E-state index is 1.10. The Bertz CT molecular complexity index is 8980. The molecule has 0 aliphatic rings. The molecule has 0 unspecified atom stereocenters.